The summed E-state index contributed by atoms with van der Waals surface area (Å²) in [6.07, 6.45) is 8.66. The Morgan fingerprint density at radius 3 is 2.68 bits per heavy atom. The smallest absolute Gasteiger partial charge is 0.229 e. The Morgan fingerprint density at radius 2 is 1.95 bits per heavy atom. The fourth-order valence-corrected chi connectivity index (χ4v) is 4.12. The van der Waals surface area contributed by atoms with Crippen LogP contribution in [-0.2, 0) is 4.79 Å². The van der Waals surface area contributed by atoms with Gasteiger partial charge in [-0.05, 0) is 31.1 Å². The average molecular weight is 280 g/mol. The van der Waals surface area contributed by atoms with Crippen molar-refractivity contribution >= 4 is 27.5 Å². The number of anilines is 2. The second kappa shape index (κ2) is 5.45. The zero-order chi connectivity index (χ0) is 13.2. The van der Waals surface area contributed by atoms with Gasteiger partial charge in [-0.15, -0.1) is 10.2 Å². The van der Waals surface area contributed by atoms with Gasteiger partial charge in [0.1, 0.15) is 0 Å². The van der Waals surface area contributed by atoms with Crippen LogP contribution in [0.3, 0.4) is 0 Å². The second-order valence-corrected chi connectivity index (χ2v) is 6.76. The van der Waals surface area contributed by atoms with E-state index in [0.29, 0.717) is 10.3 Å². The highest BCUT2D eigenvalue weighted by Crippen LogP contribution is 2.42. The van der Waals surface area contributed by atoms with E-state index in [1.54, 1.807) is 0 Å². The Bertz CT molecular complexity index is 461. The third-order valence-corrected chi connectivity index (χ3v) is 5.25. The number of hydrogen-bond acceptors (Lipinski definition) is 5. The zero-order valence-corrected chi connectivity index (χ0v) is 11.8. The molecule has 0 aromatic carbocycles. The summed E-state index contributed by atoms with van der Waals surface area (Å²) in [5, 5.41) is 11.3. The number of carbonyl (C=O) groups is 1. The van der Waals surface area contributed by atoms with Crippen LogP contribution in [0.1, 0.15) is 44.9 Å². The third-order valence-electron chi connectivity index (χ3n) is 4.58. The highest BCUT2D eigenvalue weighted by molar-refractivity contribution is 7.18. The molecule has 3 N–H and O–H groups in total. The van der Waals surface area contributed by atoms with Gasteiger partial charge < -0.3 is 11.1 Å². The lowest BCUT2D eigenvalue weighted by molar-refractivity contribution is -0.122. The van der Waals surface area contributed by atoms with Crippen LogP contribution >= 0.6 is 11.3 Å². The van der Waals surface area contributed by atoms with Gasteiger partial charge >= 0.3 is 0 Å². The molecule has 2 saturated carbocycles. The molecule has 2 aliphatic rings. The summed E-state index contributed by atoms with van der Waals surface area (Å²) in [6, 6.07) is 0. The minimum Gasteiger partial charge on any atom is -0.374 e. The van der Waals surface area contributed by atoms with Gasteiger partial charge in [0.2, 0.25) is 16.2 Å². The van der Waals surface area contributed by atoms with Crippen LogP contribution in [0.2, 0.25) is 0 Å². The van der Waals surface area contributed by atoms with Gasteiger partial charge in [-0.1, -0.05) is 37.0 Å². The summed E-state index contributed by atoms with van der Waals surface area (Å²) in [5.41, 5.74) is 5.51. The van der Waals surface area contributed by atoms with Gasteiger partial charge in [0.25, 0.3) is 0 Å². The van der Waals surface area contributed by atoms with Crippen molar-refractivity contribution in [1.82, 2.24) is 10.2 Å². The number of amides is 1. The van der Waals surface area contributed by atoms with Gasteiger partial charge in [0.15, 0.2) is 0 Å². The van der Waals surface area contributed by atoms with Gasteiger partial charge in [0.05, 0.1) is 0 Å². The van der Waals surface area contributed by atoms with E-state index in [0.717, 1.165) is 24.7 Å². The van der Waals surface area contributed by atoms with Gasteiger partial charge in [0, 0.05) is 5.92 Å². The topological polar surface area (TPSA) is 80.9 Å². The molecule has 1 aromatic heterocycles. The van der Waals surface area contributed by atoms with Crippen LogP contribution < -0.4 is 11.1 Å². The fourth-order valence-electron chi connectivity index (χ4n) is 3.60. The predicted molar refractivity (Wildman–Crippen MR) is 75.7 cm³/mol. The Balaban J connectivity index is 1.58. The van der Waals surface area contributed by atoms with E-state index >= 15 is 0 Å². The number of carbonyl (C=O) groups excluding carboxylic acids is 1. The van der Waals surface area contributed by atoms with Crippen molar-refractivity contribution in [2.24, 2.45) is 17.8 Å². The van der Waals surface area contributed by atoms with Crippen molar-refractivity contribution in [3.05, 3.63) is 0 Å². The molecule has 0 spiro atoms. The number of hydrogen-bond donors (Lipinski definition) is 2. The lowest BCUT2D eigenvalue weighted by atomic mass is 9.67. The largest absolute Gasteiger partial charge is 0.374 e. The van der Waals surface area contributed by atoms with E-state index in [1.807, 2.05) is 0 Å². The van der Waals surface area contributed by atoms with E-state index in [2.05, 4.69) is 15.5 Å². The minimum absolute atomic E-state index is 0.0974. The van der Waals surface area contributed by atoms with Gasteiger partial charge in [-0.25, -0.2) is 0 Å². The summed E-state index contributed by atoms with van der Waals surface area (Å²) in [4.78, 5) is 12.2. The summed E-state index contributed by atoms with van der Waals surface area (Å²) in [5.74, 6) is 1.87. The molecule has 3 atom stereocenters. The first-order valence-corrected chi connectivity index (χ1v) is 7.94. The number of nitrogens with zero attached hydrogens (tertiary/aromatic N) is 2. The molecule has 0 bridgehead atoms. The van der Waals surface area contributed by atoms with Crippen LogP contribution in [0, 0.1) is 17.8 Å². The summed E-state index contributed by atoms with van der Waals surface area (Å²) < 4.78 is 0. The van der Waals surface area contributed by atoms with Crippen molar-refractivity contribution in [3.63, 3.8) is 0 Å². The molecule has 2 aliphatic carbocycles. The standard InChI is InChI=1S/C13H20N4OS/c14-12-16-17-13(19-12)15-11(18)10-6-5-8-3-1-2-4-9(8)7-10/h8-10H,1-7H2,(H2,14,16)(H,15,17,18). The molecule has 3 unspecified atom stereocenters. The molecule has 0 saturated heterocycles. The third kappa shape index (κ3) is 2.88. The van der Waals surface area contributed by atoms with Crippen molar-refractivity contribution in [2.75, 3.05) is 11.1 Å². The molecule has 6 heteroatoms. The quantitative estimate of drug-likeness (QED) is 0.872. The highest BCUT2D eigenvalue weighted by atomic mass is 32.1. The molecule has 3 rings (SSSR count). The maximum Gasteiger partial charge on any atom is 0.229 e. The summed E-state index contributed by atoms with van der Waals surface area (Å²) in [7, 11) is 0. The average Bonchev–Trinajstić information content (AvgIpc) is 2.83. The lowest BCUT2D eigenvalue weighted by Crippen LogP contribution is -2.33. The molecule has 104 valence electrons. The Labute approximate surface area is 117 Å². The van der Waals surface area contributed by atoms with E-state index in [-0.39, 0.29) is 11.8 Å². The van der Waals surface area contributed by atoms with Crippen molar-refractivity contribution < 1.29 is 4.79 Å². The lowest BCUT2D eigenvalue weighted by Gasteiger charge is -2.38. The monoisotopic (exact) mass is 280 g/mol. The van der Waals surface area contributed by atoms with Crippen molar-refractivity contribution in [2.45, 2.75) is 44.9 Å². The number of rotatable bonds is 2. The summed E-state index contributed by atoms with van der Waals surface area (Å²) in [6.45, 7) is 0. The highest BCUT2D eigenvalue weighted by Gasteiger charge is 2.35. The number of nitrogen functional groups attached to an aromatic ring is 1. The Hall–Kier alpha value is -1.17. The Morgan fingerprint density at radius 1 is 1.16 bits per heavy atom. The number of fused-ring (bicyclic) bond motifs is 1. The van der Waals surface area contributed by atoms with E-state index in [4.69, 9.17) is 5.73 Å². The SMILES string of the molecule is Nc1nnc(NC(=O)C2CCC3CCCCC3C2)s1. The molecule has 1 heterocycles. The van der Waals surface area contributed by atoms with Crippen LogP contribution in [0.4, 0.5) is 10.3 Å². The number of nitrogens with one attached hydrogen (secondary N) is 1. The van der Waals surface area contributed by atoms with Gasteiger partial charge in [-0.2, -0.15) is 0 Å². The normalized spacial score (nSPS) is 30.6. The minimum atomic E-state index is 0.0974. The molecule has 19 heavy (non-hydrogen) atoms. The Kier molecular flexibility index (Phi) is 3.68. The fraction of sp³-hybridized carbons (Fsp3) is 0.769. The molecule has 0 aliphatic heterocycles. The predicted octanol–water partition coefficient (Wildman–Crippen LogP) is 2.67. The number of nitrogens with two attached hydrogens (primary N) is 1. The molecular weight excluding hydrogens is 260 g/mol. The van der Waals surface area contributed by atoms with Crippen LogP contribution in [-0.4, -0.2) is 16.1 Å². The van der Waals surface area contributed by atoms with Gasteiger partial charge in [-0.3, -0.25) is 4.79 Å². The second-order valence-electron chi connectivity index (χ2n) is 5.75. The molecule has 0 radical (unpaired) electrons. The van der Waals surface area contributed by atoms with Crippen LogP contribution in [0.15, 0.2) is 0 Å². The van der Waals surface area contributed by atoms with Crippen LogP contribution in [0.25, 0.3) is 0 Å². The van der Waals surface area contributed by atoms with E-state index in [9.17, 15) is 4.79 Å². The maximum absolute atomic E-state index is 12.2. The molecule has 5 nitrogen and oxygen atoms in total. The summed E-state index contributed by atoms with van der Waals surface area (Å²) >= 11 is 1.23. The van der Waals surface area contributed by atoms with Crippen molar-refractivity contribution in [3.8, 4) is 0 Å². The zero-order valence-electron chi connectivity index (χ0n) is 11.0. The first-order chi connectivity index (χ1) is 9.22. The molecule has 1 amide bonds. The molecule has 2 fully saturated rings. The number of aromatic nitrogens is 2. The maximum atomic E-state index is 12.2. The van der Waals surface area contributed by atoms with Crippen LogP contribution in [0.5, 0.6) is 0 Å². The van der Waals surface area contributed by atoms with E-state index < -0.39 is 0 Å². The van der Waals surface area contributed by atoms with Crippen molar-refractivity contribution in [1.29, 1.82) is 0 Å². The van der Waals surface area contributed by atoms with E-state index in [1.165, 1.54) is 43.4 Å². The first kappa shape index (κ1) is 12.8. The molecular formula is C13H20N4OS. The molecule has 1 aromatic rings. The first-order valence-electron chi connectivity index (χ1n) is 7.12.